The third-order valence-electron chi connectivity index (χ3n) is 5.55. The highest BCUT2D eigenvalue weighted by atomic mass is 32.2. The number of nitrogens with zero attached hydrogens (tertiary/aromatic N) is 3. The Labute approximate surface area is 190 Å². The number of hydrogen-bond donors (Lipinski definition) is 1. The predicted octanol–water partition coefficient (Wildman–Crippen LogP) is 2.78. The van der Waals surface area contributed by atoms with Gasteiger partial charge in [-0.2, -0.15) is 0 Å². The first-order chi connectivity index (χ1) is 15.4. The molecule has 0 atom stereocenters. The standard InChI is InChI=1S/C22H25FN4O3S2/c1-2-32(29,30)17-6-3-5-16(15-17)21(28)24-9-10-26-11-13-27(14-12-26)22-25-20-18(23)7-4-8-19(20)31-22/h3-8,15H,2,9-14H2,1H3,(H,24,28). The van der Waals surface area contributed by atoms with Crippen molar-refractivity contribution in [2.24, 2.45) is 0 Å². The Hall–Kier alpha value is -2.56. The molecular formula is C22H25FN4O3S2. The van der Waals surface area contributed by atoms with Gasteiger partial charge in [0, 0.05) is 44.8 Å². The minimum Gasteiger partial charge on any atom is -0.351 e. The van der Waals surface area contributed by atoms with E-state index in [4.69, 9.17) is 0 Å². The lowest BCUT2D eigenvalue weighted by atomic mass is 10.2. The number of piperazine rings is 1. The first kappa shape index (κ1) is 22.6. The number of nitrogens with one attached hydrogen (secondary N) is 1. The molecule has 4 rings (SSSR count). The number of fused-ring (bicyclic) bond motifs is 1. The molecule has 0 saturated carbocycles. The van der Waals surface area contributed by atoms with Crippen molar-refractivity contribution in [2.45, 2.75) is 11.8 Å². The van der Waals surface area contributed by atoms with Gasteiger partial charge < -0.3 is 10.2 Å². The second-order valence-corrected chi connectivity index (χ2v) is 10.9. The van der Waals surface area contributed by atoms with Gasteiger partial charge in [-0.3, -0.25) is 9.69 Å². The van der Waals surface area contributed by atoms with E-state index in [9.17, 15) is 17.6 Å². The average molecular weight is 477 g/mol. The number of hydrogen-bond acceptors (Lipinski definition) is 7. The summed E-state index contributed by atoms with van der Waals surface area (Å²) in [5.41, 5.74) is 0.765. The Morgan fingerprint density at radius 1 is 1.16 bits per heavy atom. The fourth-order valence-corrected chi connectivity index (χ4v) is 5.59. The van der Waals surface area contributed by atoms with Crippen LogP contribution in [-0.4, -0.2) is 69.2 Å². The van der Waals surface area contributed by atoms with E-state index in [1.165, 1.54) is 29.5 Å². The van der Waals surface area contributed by atoms with Crippen LogP contribution in [0.4, 0.5) is 9.52 Å². The van der Waals surface area contributed by atoms with Gasteiger partial charge in [-0.05, 0) is 30.3 Å². The Balaban J connectivity index is 1.27. The highest BCUT2D eigenvalue weighted by Crippen LogP contribution is 2.30. The second kappa shape index (κ2) is 9.51. The Bertz CT molecular complexity index is 1220. The van der Waals surface area contributed by atoms with Crippen LogP contribution >= 0.6 is 11.3 Å². The minimum atomic E-state index is -3.35. The smallest absolute Gasteiger partial charge is 0.251 e. The minimum absolute atomic E-state index is 0.00396. The van der Waals surface area contributed by atoms with Crippen molar-refractivity contribution in [3.05, 3.63) is 53.8 Å². The van der Waals surface area contributed by atoms with E-state index in [1.807, 2.05) is 6.07 Å². The van der Waals surface area contributed by atoms with E-state index in [0.717, 1.165) is 36.0 Å². The molecule has 10 heteroatoms. The summed E-state index contributed by atoms with van der Waals surface area (Å²) in [4.78, 5) is 21.5. The molecule has 1 aliphatic rings. The van der Waals surface area contributed by atoms with Crippen molar-refractivity contribution in [2.75, 3.05) is 49.9 Å². The zero-order chi connectivity index (χ0) is 22.7. The number of rotatable bonds is 7. The van der Waals surface area contributed by atoms with Crippen LogP contribution in [0, 0.1) is 5.82 Å². The summed E-state index contributed by atoms with van der Waals surface area (Å²) in [5.74, 6) is -0.582. The maximum atomic E-state index is 13.9. The van der Waals surface area contributed by atoms with Gasteiger partial charge in [0.1, 0.15) is 11.3 Å². The van der Waals surface area contributed by atoms with Gasteiger partial charge in [-0.1, -0.05) is 30.4 Å². The van der Waals surface area contributed by atoms with Crippen LogP contribution in [0.25, 0.3) is 10.2 Å². The maximum Gasteiger partial charge on any atom is 0.251 e. The number of para-hydroxylation sites is 1. The van der Waals surface area contributed by atoms with Gasteiger partial charge in [0.25, 0.3) is 5.91 Å². The highest BCUT2D eigenvalue weighted by Gasteiger charge is 2.21. The molecule has 170 valence electrons. The molecule has 3 aromatic rings. The van der Waals surface area contributed by atoms with E-state index in [0.29, 0.717) is 24.2 Å². The van der Waals surface area contributed by atoms with Crippen LogP contribution in [0.15, 0.2) is 47.4 Å². The number of aromatic nitrogens is 1. The van der Waals surface area contributed by atoms with Gasteiger partial charge in [0.2, 0.25) is 0 Å². The normalized spacial score (nSPS) is 15.2. The SMILES string of the molecule is CCS(=O)(=O)c1cccc(C(=O)NCCN2CCN(c3nc4c(F)cccc4s3)CC2)c1. The first-order valence-electron chi connectivity index (χ1n) is 10.5. The van der Waals surface area contributed by atoms with Crippen molar-refractivity contribution < 1.29 is 17.6 Å². The van der Waals surface area contributed by atoms with E-state index in [-0.39, 0.29) is 22.4 Å². The number of halogens is 1. The fraction of sp³-hybridized carbons (Fsp3) is 0.364. The van der Waals surface area contributed by atoms with Crippen LogP contribution in [0.3, 0.4) is 0 Å². The van der Waals surface area contributed by atoms with Crippen molar-refractivity contribution >= 4 is 42.4 Å². The lowest BCUT2D eigenvalue weighted by Crippen LogP contribution is -2.48. The van der Waals surface area contributed by atoms with E-state index in [2.05, 4.69) is 20.1 Å². The summed E-state index contributed by atoms with van der Waals surface area (Å²) in [6, 6.07) is 11.1. The lowest BCUT2D eigenvalue weighted by Gasteiger charge is -2.34. The summed E-state index contributed by atoms with van der Waals surface area (Å²) in [6.45, 7) is 5.95. The molecule has 1 N–H and O–H groups in total. The van der Waals surface area contributed by atoms with Crippen LogP contribution < -0.4 is 10.2 Å². The summed E-state index contributed by atoms with van der Waals surface area (Å²) in [7, 11) is -3.35. The molecule has 1 aliphatic heterocycles. The quantitative estimate of drug-likeness (QED) is 0.565. The van der Waals surface area contributed by atoms with E-state index < -0.39 is 9.84 Å². The summed E-state index contributed by atoms with van der Waals surface area (Å²) < 4.78 is 38.8. The molecule has 0 spiro atoms. The van der Waals surface area contributed by atoms with Crippen LogP contribution in [0.5, 0.6) is 0 Å². The molecule has 0 unspecified atom stereocenters. The number of anilines is 1. The third kappa shape index (κ3) is 4.92. The number of amides is 1. The molecule has 1 aromatic heterocycles. The maximum absolute atomic E-state index is 13.9. The third-order valence-corrected chi connectivity index (χ3v) is 8.36. The largest absolute Gasteiger partial charge is 0.351 e. The number of benzene rings is 2. The number of carbonyl (C=O) groups is 1. The van der Waals surface area contributed by atoms with Gasteiger partial charge in [0.05, 0.1) is 15.3 Å². The molecule has 32 heavy (non-hydrogen) atoms. The topological polar surface area (TPSA) is 82.6 Å². The Morgan fingerprint density at radius 3 is 2.62 bits per heavy atom. The molecule has 1 saturated heterocycles. The van der Waals surface area contributed by atoms with Crippen LogP contribution in [0.2, 0.25) is 0 Å². The number of carbonyl (C=O) groups excluding carboxylic acids is 1. The lowest BCUT2D eigenvalue weighted by molar-refractivity contribution is 0.0947. The van der Waals surface area contributed by atoms with Gasteiger partial charge in [-0.15, -0.1) is 0 Å². The van der Waals surface area contributed by atoms with Gasteiger partial charge in [-0.25, -0.2) is 17.8 Å². The fourth-order valence-electron chi connectivity index (χ4n) is 3.63. The zero-order valence-electron chi connectivity index (χ0n) is 17.8. The average Bonchev–Trinajstić information content (AvgIpc) is 3.25. The first-order valence-corrected chi connectivity index (χ1v) is 13.0. The van der Waals surface area contributed by atoms with Gasteiger partial charge in [0.15, 0.2) is 15.0 Å². The summed E-state index contributed by atoms with van der Waals surface area (Å²) in [6.07, 6.45) is 0. The van der Waals surface area contributed by atoms with E-state index >= 15 is 0 Å². The molecule has 0 aliphatic carbocycles. The molecule has 1 fully saturated rings. The molecule has 1 amide bonds. The number of sulfone groups is 1. The van der Waals surface area contributed by atoms with Crippen molar-refractivity contribution in [3.63, 3.8) is 0 Å². The molecule has 0 radical (unpaired) electrons. The van der Waals surface area contributed by atoms with Crippen molar-refractivity contribution in [3.8, 4) is 0 Å². The Kier molecular flexibility index (Phi) is 6.73. The van der Waals surface area contributed by atoms with Crippen LogP contribution in [0.1, 0.15) is 17.3 Å². The van der Waals surface area contributed by atoms with Gasteiger partial charge >= 0.3 is 0 Å². The van der Waals surface area contributed by atoms with Crippen molar-refractivity contribution in [1.29, 1.82) is 0 Å². The van der Waals surface area contributed by atoms with Crippen LogP contribution in [-0.2, 0) is 9.84 Å². The monoisotopic (exact) mass is 476 g/mol. The van der Waals surface area contributed by atoms with E-state index in [1.54, 1.807) is 25.1 Å². The highest BCUT2D eigenvalue weighted by molar-refractivity contribution is 7.91. The molecule has 7 nitrogen and oxygen atoms in total. The number of thiazole rings is 1. The summed E-state index contributed by atoms with van der Waals surface area (Å²) >= 11 is 1.50. The molecule has 2 heterocycles. The Morgan fingerprint density at radius 2 is 1.91 bits per heavy atom. The molecular weight excluding hydrogens is 451 g/mol. The second-order valence-electron chi connectivity index (χ2n) is 7.60. The molecule has 0 bridgehead atoms. The molecule has 2 aromatic carbocycles. The van der Waals surface area contributed by atoms with Crippen molar-refractivity contribution in [1.82, 2.24) is 15.2 Å². The summed E-state index contributed by atoms with van der Waals surface area (Å²) in [5, 5.41) is 3.70. The predicted molar refractivity (Wildman–Crippen MR) is 125 cm³/mol. The zero-order valence-corrected chi connectivity index (χ0v) is 19.4.